The van der Waals surface area contributed by atoms with Crippen molar-refractivity contribution in [3.8, 4) is 0 Å². The van der Waals surface area contributed by atoms with Crippen LogP contribution in [0.15, 0.2) is 12.1 Å². The van der Waals surface area contributed by atoms with Gasteiger partial charge in [0.15, 0.2) is 0 Å². The second-order valence-electron chi connectivity index (χ2n) is 3.58. The summed E-state index contributed by atoms with van der Waals surface area (Å²) in [4.78, 5) is 0. The van der Waals surface area contributed by atoms with E-state index in [9.17, 15) is 0 Å². The van der Waals surface area contributed by atoms with Crippen molar-refractivity contribution in [2.75, 3.05) is 0 Å². The monoisotopic (exact) mass is 217 g/mol. The van der Waals surface area contributed by atoms with Crippen molar-refractivity contribution in [1.29, 1.82) is 0 Å². The summed E-state index contributed by atoms with van der Waals surface area (Å²) in [5, 5.41) is 0.892. The zero-order valence-electron chi connectivity index (χ0n) is 7.61. The van der Waals surface area contributed by atoms with Crippen molar-refractivity contribution >= 4 is 11.6 Å². The summed E-state index contributed by atoms with van der Waals surface area (Å²) >= 11 is 6.02. The van der Waals surface area contributed by atoms with Crippen LogP contribution in [0.1, 0.15) is 16.7 Å². The van der Waals surface area contributed by atoms with E-state index in [1.54, 1.807) is 0 Å². The first-order valence-corrected chi connectivity index (χ1v) is 4.66. The normalized spacial score (nSPS) is 19.5. The average molecular weight is 218 g/mol. The lowest BCUT2D eigenvalue weighted by molar-refractivity contribution is -0.416. The Hall–Kier alpha value is -0.240. The Morgan fingerprint density at radius 2 is 2.08 bits per heavy atom. The highest BCUT2D eigenvalue weighted by atomic mass is 35.5. The zero-order chi connectivity index (χ0) is 8.72. The number of benzene rings is 1. The van der Waals surface area contributed by atoms with Gasteiger partial charge in [-0.25, -0.2) is 0 Å². The molecule has 0 aliphatic heterocycles. The van der Waals surface area contributed by atoms with Crippen LogP contribution in [0.2, 0.25) is 5.02 Å². The number of halogens is 2. The smallest absolute Gasteiger partial charge is 0.0925 e. The second kappa shape index (κ2) is 3.87. The van der Waals surface area contributed by atoms with E-state index in [1.807, 2.05) is 6.07 Å². The highest BCUT2D eigenvalue weighted by Gasteiger charge is 2.22. The first-order valence-electron chi connectivity index (χ1n) is 4.28. The molecule has 1 aromatic carbocycles. The SMILES string of the molecule is Cc1c(Cl)ccc2c1CC([NH3+])C2.[Cl-]. The summed E-state index contributed by atoms with van der Waals surface area (Å²) in [5.41, 5.74) is 8.20. The highest BCUT2D eigenvalue weighted by Crippen LogP contribution is 2.28. The largest absolute Gasteiger partial charge is 1.00 e. The van der Waals surface area contributed by atoms with Gasteiger partial charge in [0.05, 0.1) is 6.04 Å². The molecule has 2 rings (SSSR count). The van der Waals surface area contributed by atoms with Gasteiger partial charge in [-0.1, -0.05) is 17.7 Å². The van der Waals surface area contributed by atoms with Crippen LogP contribution in [-0.2, 0) is 12.8 Å². The van der Waals surface area contributed by atoms with Crippen molar-refractivity contribution in [2.24, 2.45) is 0 Å². The first-order chi connectivity index (χ1) is 5.68. The predicted octanol–water partition coefficient (Wildman–Crippen LogP) is -1.64. The van der Waals surface area contributed by atoms with Crippen molar-refractivity contribution in [2.45, 2.75) is 25.8 Å². The molecule has 0 saturated heterocycles. The Morgan fingerprint density at radius 1 is 1.38 bits per heavy atom. The van der Waals surface area contributed by atoms with E-state index in [0.717, 1.165) is 17.9 Å². The van der Waals surface area contributed by atoms with E-state index in [2.05, 4.69) is 18.7 Å². The summed E-state index contributed by atoms with van der Waals surface area (Å²) < 4.78 is 0. The fourth-order valence-electron chi connectivity index (χ4n) is 1.93. The number of hydrogen-bond acceptors (Lipinski definition) is 0. The van der Waals surface area contributed by atoms with Gasteiger partial charge < -0.3 is 18.1 Å². The van der Waals surface area contributed by atoms with Crippen molar-refractivity contribution in [3.05, 3.63) is 33.8 Å². The molecule has 3 heteroatoms. The maximum absolute atomic E-state index is 6.02. The summed E-state index contributed by atoms with van der Waals surface area (Å²) in [7, 11) is 0. The molecule has 1 aromatic rings. The Morgan fingerprint density at radius 3 is 2.77 bits per heavy atom. The van der Waals surface area contributed by atoms with Crippen molar-refractivity contribution < 1.29 is 18.1 Å². The predicted molar refractivity (Wildman–Crippen MR) is 50.3 cm³/mol. The lowest BCUT2D eigenvalue weighted by atomic mass is 10.1. The summed E-state index contributed by atoms with van der Waals surface area (Å²) in [6.45, 7) is 2.10. The van der Waals surface area contributed by atoms with Gasteiger partial charge in [-0.05, 0) is 29.7 Å². The van der Waals surface area contributed by atoms with Gasteiger partial charge >= 0.3 is 0 Å². The molecule has 1 aliphatic carbocycles. The number of quaternary nitrogens is 1. The number of fused-ring (bicyclic) bond motifs is 1. The molecule has 3 N–H and O–H groups in total. The summed E-state index contributed by atoms with van der Waals surface area (Å²) in [6, 6.07) is 4.68. The molecule has 1 atom stereocenters. The first kappa shape index (κ1) is 10.8. The average Bonchev–Trinajstić information content (AvgIpc) is 2.39. The molecule has 1 nitrogen and oxygen atoms in total. The summed E-state index contributed by atoms with van der Waals surface area (Å²) in [5.74, 6) is 0. The Labute approximate surface area is 89.7 Å². The van der Waals surface area contributed by atoms with Crippen LogP contribution in [0, 0.1) is 6.92 Å². The van der Waals surface area contributed by atoms with Crippen LogP contribution in [-0.4, -0.2) is 6.04 Å². The minimum absolute atomic E-state index is 0. The minimum Gasteiger partial charge on any atom is -1.00 e. The lowest BCUT2D eigenvalue weighted by Gasteiger charge is -2.03. The molecule has 1 unspecified atom stereocenters. The molecule has 0 bridgehead atoms. The fourth-order valence-corrected chi connectivity index (χ4v) is 2.11. The Bertz CT molecular complexity index is 323. The molecule has 0 heterocycles. The minimum atomic E-state index is 0. The van der Waals surface area contributed by atoms with E-state index in [4.69, 9.17) is 11.6 Å². The van der Waals surface area contributed by atoms with Gasteiger partial charge in [0, 0.05) is 17.9 Å². The molecule has 72 valence electrons. The van der Waals surface area contributed by atoms with E-state index < -0.39 is 0 Å². The lowest BCUT2D eigenvalue weighted by Crippen LogP contribution is -3.00. The van der Waals surface area contributed by atoms with Gasteiger partial charge in [-0.15, -0.1) is 0 Å². The molecule has 13 heavy (non-hydrogen) atoms. The van der Waals surface area contributed by atoms with Crippen LogP contribution in [0.5, 0.6) is 0 Å². The second-order valence-corrected chi connectivity index (χ2v) is 3.99. The fraction of sp³-hybridized carbons (Fsp3) is 0.400. The van der Waals surface area contributed by atoms with Gasteiger partial charge in [-0.2, -0.15) is 0 Å². The van der Waals surface area contributed by atoms with Gasteiger partial charge in [-0.3, -0.25) is 0 Å². The van der Waals surface area contributed by atoms with Crippen LogP contribution >= 0.6 is 11.6 Å². The molecule has 1 aliphatic rings. The molecular formula is C10H13Cl2N. The molecular weight excluding hydrogens is 205 g/mol. The standard InChI is InChI=1S/C10H12ClN.ClH/c1-6-9-5-8(12)4-7(9)2-3-10(6)11;/h2-3,8H,4-5,12H2,1H3;1H. The molecule has 0 radical (unpaired) electrons. The Balaban J connectivity index is 0.000000845. The van der Waals surface area contributed by atoms with E-state index in [-0.39, 0.29) is 12.4 Å². The van der Waals surface area contributed by atoms with Gasteiger partial charge in [0.2, 0.25) is 0 Å². The van der Waals surface area contributed by atoms with Crippen LogP contribution in [0.3, 0.4) is 0 Å². The maximum atomic E-state index is 6.02. The molecule has 0 amide bonds. The van der Waals surface area contributed by atoms with Crippen LogP contribution < -0.4 is 18.1 Å². The Kier molecular flexibility index (Phi) is 3.23. The van der Waals surface area contributed by atoms with Crippen LogP contribution in [0.25, 0.3) is 0 Å². The quantitative estimate of drug-likeness (QED) is 0.541. The van der Waals surface area contributed by atoms with Crippen molar-refractivity contribution in [3.63, 3.8) is 0 Å². The third kappa shape index (κ3) is 1.83. The third-order valence-corrected chi connectivity index (χ3v) is 3.04. The highest BCUT2D eigenvalue weighted by molar-refractivity contribution is 6.31. The van der Waals surface area contributed by atoms with Crippen molar-refractivity contribution in [1.82, 2.24) is 0 Å². The number of hydrogen-bond donors (Lipinski definition) is 1. The molecule has 0 saturated carbocycles. The van der Waals surface area contributed by atoms with E-state index in [1.165, 1.54) is 16.7 Å². The van der Waals surface area contributed by atoms with Crippen LogP contribution in [0.4, 0.5) is 0 Å². The number of rotatable bonds is 0. The maximum Gasteiger partial charge on any atom is 0.0925 e. The van der Waals surface area contributed by atoms with Gasteiger partial charge in [0.25, 0.3) is 0 Å². The molecule has 0 aromatic heterocycles. The molecule has 0 fully saturated rings. The van der Waals surface area contributed by atoms with E-state index >= 15 is 0 Å². The van der Waals surface area contributed by atoms with E-state index in [0.29, 0.717) is 6.04 Å². The zero-order valence-corrected chi connectivity index (χ0v) is 9.12. The topological polar surface area (TPSA) is 27.6 Å². The third-order valence-electron chi connectivity index (χ3n) is 2.63. The summed E-state index contributed by atoms with van der Waals surface area (Å²) in [6.07, 6.45) is 2.22. The van der Waals surface area contributed by atoms with Gasteiger partial charge in [0.1, 0.15) is 0 Å². The molecule has 0 spiro atoms.